The van der Waals surface area contributed by atoms with Crippen molar-refractivity contribution in [2.45, 2.75) is 32.2 Å². The van der Waals surface area contributed by atoms with Gasteiger partial charge in [-0.1, -0.05) is 6.08 Å². The Balaban J connectivity index is 1.42. The molecule has 2 N–H and O–H groups in total. The number of carbonyl (C=O) groups excluding carboxylic acids is 1. The van der Waals surface area contributed by atoms with Crippen molar-refractivity contribution in [3.63, 3.8) is 0 Å². The fourth-order valence-corrected chi connectivity index (χ4v) is 4.23. The van der Waals surface area contributed by atoms with Gasteiger partial charge >= 0.3 is 0 Å². The molecule has 1 aliphatic carbocycles. The molecule has 1 fully saturated rings. The number of aryl methyl sites for hydroxylation is 1. The average Bonchev–Trinajstić information content (AvgIpc) is 3.40. The van der Waals surface area contributed by atoms with Crippen LogP contribution in [-0.4, -0.2) is 48.8 Å². The van der Waals surface area contributed by atoms with E-state index in [4.69, 9.17) is 0 Å². The minimum Gasteiger partial charge on any atom is -0.335 e. The third-order valence-corrected chi connectivity index (χ3v) is 5.62. The van der Waals surface area contributed by atoms with E-state index in [1.165, 1.54) is 5.56 Å². The second-order valence-corrected chi connectivity index (χ2v) is 7.19. The Kier molecular flexibility index (Phi) is 3.41. The molecular weight excluding hydrogens is 328 g/mol. The largest absolute Gasteiger partial charge is 0.335 e. The van der Waals surface area contributed by atoms with E-state index >= 15 is 0 Å². The lowest BCUT2D eigenvalue weighted by atomic mass is 9.86. The summed E-state index contributed by atoms with van der Waals surface area (Å²) in [5.41, 5.74) is 4.54. The lowest BCUT2D eigenvalue weighted by Gasteiger charge is -2.31. The summed E-state index contributed by atoms with van der Waals surface area (Å²) in [7, 11) is 0. The van der Waals surface area contributed by atoms with Gasteiger partial charge in [0.1, 0.15) is 0 Å². The third kappa shape index (κ3) is 2.34. The fraction of sp³-hybridized carbons (Fsp3) is 0.368. The molecule has 0 aromatic carbocycles. The smallest absolute Gasteiger partial charge is 0.255 e. The summed E-state index contributed by atoms with van der Waals surface area (Å²) in [5, 5.41) is 15.1. The zero-order valence-electron chi connectivity index (χ0n) is 14.6. The van der Waals surface area contributed by atoms with Gasteiger partial charge in [0.15, 0.2) is 5.65 Å². The lowest BCUT2D eigenvalue weighted by Crippen LogP contribution is -2.40. The van der Waals surface area contributed by atoms with Crippen LogP contribution >= 0.6 is 0 Å². The van der Waals surface area contributed by atoms with Crippen molar-refractivity contribution in [2.75, 3.05) is 6.54 Å². The molecule has 4 heterocycles. The van der Waals surface area contributed by atoms with E-state index in [0.29, 0.717) is 17.1 Å². The van der Waals surface area contributed by atoms with Crippen LogP contribution in [0.2, 0.25) is 0 Å². The molecule has 1 unspecified atom stereocenters. The van der Waals surface area contributed by atoms with Gasteiger partial charge < -0.3 is 4.90 Å². The van der Waals surface area contributed by atoms with Crippen molar-refractivity contribution >= 4 is 23.0 Å². The number of fused-ring (bicyclic) bond motifs is 2. The molecule has 2 atom stereocenters. The fourth-order valence-electron chi connectivity index (χ4n) is 4.23. The predicted molar refractivity (Wildman–Crippen MR) is 97.5 cm³/mol. The van der Waals surface area contributed by atoms with Gasteiger partial charge in [-0.2, -0.15) is 10.2 Å². The number of nitrogens with one attached hydrogen (secondary N) is 2. The number of nitrogens with zero attached hydrogens (tertiary/aromatic N) is 4. The quantitative estimate of drug-likeness (QED) is 0.744. The van der Waals surface area contributed by atoms with Crippen LogP contribution in [-0.2, 0) is 6.42 Å². The van der Waals surface area contributed by atoms with Crippen molar-refractivity contribution in [3.05, 3.63) is 47.1 Å². The molecule has 0 spiro atoms. The summed E-state index contributed by atoms with van der Waals surface area (Å²) in [6.45, 7) is 2.74. The lowest BCUT2D eigenvalue weighted by molar-refractivity contribution is 0.0705. The molecule has 1 saturated heterocycles. The van der Waals surface area contributed by atoms with E-state index in [0.717, 1.165) is 42.6 Å². The Morgan fingerprint density at radius 3 is 3.15 bits per heavy atom. The molecule has 5 rings (SSSR count). The normalized spacial score (nSPS) is 22.1. The summed E-state index contributed by atoms with van der Waals surface area (Å²) in [4.78, 5) is 19.5. The highest BCUT2D eigenvalue weighted by molar-refractivity contribution is 5.97. The van der Waals surface area contributed by atoms with Gasteiger partial charge in [-0.25, -0.2) is 4.98 Å². The first-order valence-electron chi connectivity index (χ1n) is 9.03. The minimum atomic E-state index is 0.0638. The Bertz CT molecular complexity index is 1020. The van der Waals surface area contributed by atoms with E-state index in [2.05, 4.69) is 37.5 Å². The highest BCUT2D eigenvalue weighted by Gasteiger charge is 2.35. The molecule has 1 amide bonds. The molecular formula is C19H20N6O. The second kappa shape index (κ2) is 5.79. The predicted octanol–water partition coefficient (Wildman–Crippen LogP) is 2.48. The molecule has 7 nitrogen and oxygen atoms in total. The first-order chi connectivity index (χ1) is 12.7. The molecule has 3 aromatic rings. The van der Waals surface area contributed by atoms with E-state index in [9.17, 15) is 4.79 Å². The van der Waals surface area contributed by atoms with Gasteiger partial charge in [0.2, 0.25) is 0 Å². The number of pyridine rings is 1. The molecule has 1 aliphatic heterocycles. The van der Waals surface area contributed by atoms with Crippen LogP contribution < -0.4 is 0 Å². The van der Waals surface area contributed by atoms with Crippen LogP contribution in [0.1, 0.15) is 40.2 Å². The summed E-state index contributed by atoms with van der Waals surface area (Å²) in [6, 6.07) is 2.13. The Morgan fingerprint density at radius 1 is 1.31 bits per heavy atom. The first kappa shape index (κ1) is 15.3. The highest BCUT2D eigenvalue weighted by atomic mass is 16.2. The second-order valence-electron chi connectivity index (χ2n) is 7.19. The van der Waals surface area contributed by atoms with Gasteiger partial charge in [-0.15, -0.1) is 0 Å². The Hall–Kier alpha value is -2.96. The van der Waals surface area contributed by atoms with Gasteiger partial charge in [-0.05, 0) is 43.9 Å². The molecule has 0 saturated carbocycles. The zero-order valence-corrected chi connectivity index (χ0v) is 14.6. The van der Waals surface area contributed by atoms with Gasteiger partial charge in [0.25, 0.3) is 5.91 Å². The zero-order chi connectivity index (χ0) is 17.7. The van der Waals surface area contributed by atoms with Crippen LogP contribution in [0.4, 0.5) is 0 Å². The standard InChI is InChI=1S/C19H20N6O/c1-11-15-8-14(9-20-18(15)24-22-11)19(26)25-6-2-3-17(25)12-4-5-16-13(7-12)10-21-23-16/h4-5,8-10,12,17H,2-3,6-7H2,1H3,(H,21,23)(H,20,22,24)/t12?,17-/m1/s1. The van der Waals surface area contributed by atoms with E-state index < -0.39 is 0 Å². The minimum absolute atomic E-state index is 0.0638. The molecule has 0 radical (unpaired) electrons. The van der Waals surface area contributed by atoms with E-state index in [-0.39, 0.29) is 11.9 Å². The number of carbonyl (C=O) groups is 1. The maximum atomic E-state index is 13.2. The van der Waals surface area contributed by atoms with Gasteiger partial charge in [0, 0.05) is 35.8 Å². The van der Waals surface area contributed by atoms with Crippen molar-refractivity contribution in [2.24, 2.45) is 5.92 Å². The highest BCUT2D eigenvalue weighted by Crippen LogP contribution is 2.32. The number of rotatable bonds is 2. The number of aromatic amines is 2. The monoisotopic (exact) mass is 348 g/mol. The summed E-state index contributed by atoms with van der Waals surface area (Å²) in [5.74, 6) is 0.396. The number of likely N-dealkylation sites (tertiary alicyclic amines) is 1. The first-order valence-corrected chi connectivity index (χ1v) is 9.03. The van der Waals surface area contributed by atoms with Crippen LogP contribution in [0.25, 0.3) is 17.1 Å². The van der Waals surface area contributed by atoms with E-state index in [1.807, 2.05) is 24.1 Å². The van der Waals surface area contributed by atoms with Crippen LogP contribution in [0.5, 0.6) is 0 Å². The van der Waals surface area contributed by atoms with Gasteiger partial charge in [0.05, 0.1) is 17.5 Å². The number of aromatic nitrogens is 5. The Labute approximate surface area is 150 Å². The Morgan fingerprint density at radius 2 is 2.23 bits per heavy atom. The molecule has 7 heteroatoms. The summed E-state index contributed by atoms with van der Waals surface area (Å²) < 4.78 is 0. The molecule has 132 valence electrons. The molecule has 0 bridgehead atoms. The van der Waals surface area contributed by atoms with Crippen molar-refractivity contribution in [1.29, 1.82) is 0 Å². The summed E-state index contributed by atoms with van der Waals surface area (Å²) >= 11 is 0. The van der Waals surface area contributed by atoms with Crippen LogP contribution in [0, 0.1) is 12.8 Å². The number of hydrogen-bond acceptors (Lipinski definition) is 4. The SMILES string of the molecule is Cc1[nH]nc2ncc(C(=O)N3CCC[C@@H]3C3C=Cc4[nH]ncc4C3)cc12. The van der Waals surface area contributed by atoms with Crippen molar-refractivity contribution < 1.29 is 4.79 Å². The number of hydrogen-bond donors (Lipinski definition) is 2. The van der Waals surface area contributed by atoms with E-state index in [1.54, 1.807) is 6.20 Å². The molecule has 26 heavy (non-hydrogen) atoms. The number of amides is 1. The molecule has 3 aromatic heterocycles. The average molecular weight is 348 g/mol. The maximum Gasteiger partial charge on any atom is 0.255 e. The van der Waals surface area contributed by atoms with Crippen molar-refractivity contribution in [3.8, 4) is 0 Å². The number of H-pyrrole nitrogens is 2. The third-order valence-electron chi connectivity index (χ3n) is 5.62. The maximum absolute atomic E-state index is 13.2. The van der Waals surface area contributed by atoms with Crippen LogP contribution in [0.15, 0.2) is 24.5 Å². The van der Waals surface area contributed by atoms with Gasteiger partial charge in [-0.3, -0.25) is 15.0 Å². The molecule has 2 aliphatic rings. The van der Waals surface area contributed by atoms with Crippen LogP contribution in [0.3, 0.4) is 0 Å². The summed E-state index contributed by atoms with van der Waals surface area (Å²) in [6.07, 6.45) is 10.9. The van der Waals surface area contributed by atoms with Crippen molar-refractivity contribution in [1.82, 2.24) is 30.3 Å². The topological polar surface area (TPSA) is 90.6 Å².